The number of hydroxylamine groups is 2. The maximum absolute atomic E-state index is 10.1. The summed E-state index contributed by atoms with van der Waals surface area (Å²) in [5, 5.41) is 11.8. The number of hydrogen-bond acceptors (Lipinski definition) is 2. The van der Waals surface area contributed by atoms with Crippen LogP contribution >= 0.6 is 0 Å². The largest absolute Gasteiger partial charge is 0.314 e. The highest BCUT2D eigenvalue weighted by molar-refractivity contribution is 4.93. The van der Waals surface area contributed by atoms with Crippen molar-refractivity contribution < 1.29 is 5.21 Å². The molecule has 1 saturated heterocycles. The first kappa shape index (κ1) is 11.4. The molecule has 2 fully saturated rings. The third-order valence-electron chi connectivity index (χ3n) is 4.61. The maximum Gasteiger partial charge on any atom is 0.0403 e. The summed E-state index contributed by atoms with van der Waals surface area (Å²) in [6, 6.07) is 0.431. The second-order valence-electron chi connectivity index (χ2n) is 5.47. The van der Waals surface area contributed by atoms with E-state index in [2.05, 4.69) is 6.92 Å². The van der Waals surface area contributed by atoms with Crippen molar-refractivity contribution in [3.05, 3.63) is 0 Å². The lowest BCUT2D eigenvalue weighted by Gasteiger charge is -2.44. The first-order valence-corrected chi connectivity index (χ1v) is 6.74. The van der Waals surface area contributed by atoms with E-state index in [1.165, 1.54) is 51.4 Å². The van der Waals surface area contributed by atoms with E-state index in [0.29, 0.717) is 11.5 Å². The van der Waals surface area contributed by atoms with Gasteiger partial charge in [-0.2, -0.15) is 5.06 Å². The minimum Gasteiger partial charge on any atom is -0.314 e. The summed E-state index contributed by atoms with van der Waals surface area (Å²) < 4.78 is 0. The van der Waals surface area contributed by atoms with Gasteiger partial charge in [-0.05, 0) is 37.5 Å². The van der Waals surface area contributed by atoms with Crippen molar-refractivity contribution in [3.63, 3.8) is 0 Å². The Bertz CT molecular complexity index is 199. The molecule has 0 bridgehead atoms. The number of rotatable bonds is 1. The van der Waals surface area contributed by atoms with Gasteiger partial charge in [-0.1, -0.05) is 32.6 Å². The molecule has 0 radical (unpaired) electrons. The van der Waals surface area contributed by atoms with Crippen molar-refractivity contribution in [2.75, 3.05) is 6.54 Å². The van der Waals surface area contributed by atoms with Crippen LogP contribution in [0.2, 0.25) is 0 Å². The molecule has 1 spiro atoms. The Hall–Kier alpha value is -0.0800. The van der Waals surface area contributed by atoms with Crippen LogP contribution < -0.4 is 0 Å². The lowest BCUT2D eigenvalue weighted by Crippen LogP contribution is -2.46. The summed E-state index contributed by atoms with van der Waals surface area (Å²) in [5.41, 5.74) is 0.457. The number of nitrogens with zero attached hydrogens (tertiary/aromatic N) is 1. The van der Waals surface area contributed by atoms with Gasteiger partial charge < -0.3 is 5.21 Å². The van der Waals surface area contributed by atoms with Crippen LogP contribution in [0.1, 0.15) is 64.7 Å². The van der Waals surface area contributed by atoms with Crippen molar-refractivity contribution >= 4 is 0 Å². The molecule has 88 valence electrons. The molecular formula is C13H25NO. The molecule has 0 amide bonds. The van der Waals surface area contributed by atoms with E-state index in [4.69, 9.17) is 0 Å². The molecule has 1 aliphatic heterocycles. The van der Waals surface area contributed by atoms with Crippen LogP contribution in [0.25, 0.3) is 0 Å². The zero-order valence-corrected chi connectivity index (χ0v) is 10.0. The molecule has 0 aromatic carbocycles. The van der Waals surface area contributed by atoms with Gasteiger partial charge >= 0.3 is 0 Å². The van der Waals surface area contributed by atoms with Crippen LogP contribution in [0, 0.1) is 5.41 Å². The second-order valence-corrected chi connectivity index (χ2v) is 5.47. The molecule has 2 nitrogen and oxygen atoms in total. The Labute approximate surface area is 93.6 Å². The summed E-state index contributed by atoms with van der Waals surface area (Å²) in [6.07, 6.45) is 11.8. The monoisotopic (exact) mass is 211 g/mol. The Morgan fingerprint density at radius 1 is 1.07 bits per heavy atom. The molecule has 0 aromatic rings. The quantitative estimate of drug-likeness (QED) is 0.716. The Morgan fingerprint density at radius 2 is 1.67 bits per heavy atom. The molecule has 1 N–H and O–H groups in total. The van der Waals surface area contributed by atoms with Gasteiger partial charge in [-0.15, -0.1) is 0 Å². The van der Waals surface area contributed by atoms with E-state index >= 15 is 0 Å². The van der Waals surface area contributed by atoms with E-state index < -0.39 is 0 Å². The summed E-state index contributed by atoms with van der Waals surface area (Å²) >= 11 is 0. The minimum atomic E-state index is 0.431. The fourth-order valence-electron chi connectivity index (χ4n) is 3.87. The summed E-state index contributed by atoms with van der Waals surface area (Å²) in [7, 11) is 0. The third-order valence-corrected chi connectivity index (χ3v) is 4.61. The molecule has 1 atom stereocenters. The van der Waals surface area contributed by atoms with Crippen LogP contribution in [0.3, 0.4) is 0 Å². The average molecular weight is 211 g/mol. The van der Waals surface area contributed by atoms with Crippen LogP contribution in [0.5, 0.6) is 0 Å². The highest BCUT2D eigenvalue weighted by atomic mass is 16.5. The van der Waals surface area contributed by atoms with Gasteiger partial charge in [0.25, 0.3) is 0 Å². The molecule has 15 heavy (non-hydrogen) atoms. The van der Waals surface area contributed by atoms with Gasteiger partial charge in [0, 0.05) is 12.6 Å². The fraction of sp³-hybridized carbons (Fsp3) is 1.00. The van der Waals surface area contributed by atoms with Crippen molar-refractivity contribution in [3.8, 4) is 0 Å². The minimum absolute atomic E-state index is 0.431. The van der Waals surface area contributed by atoms with Crippen molar-refractivity contribution in [2.45, 2.75) is 70.8 Å². The fourth-order valence-corrected chi connectivity index (χ4v) is 3.87. The molecule has 0 aromatic heterocycles. The van der Waals surface area contributed by atoms with Crippen molar-refractivity contribution in [2.24, 2.45) is 5.41 Å². The summed E-state index contributed by atoms with van der Waals surface area (Å²) in [5.74, 6) is 0. The van der Waals surface area contributed by atoms with Crippen LogP contribution in [0.4, 0.5) is 0 Å². The van der Waals surface area contributed by atoms with Gasteiger partial charge in [0.1, 0.15) is 0 Å². The van der Waals surface area contributed by atoms with Gasteiger partial charge in [0.2, 0.25) is 0 Å². The Kier molecular flexibility index (Phi) is 3.68. The standard InChI is InChI=1S/C13H25NO/c1-2-12-13(8-4-3-5-9-13)10-6-7-11-14(12)15/h12,15H,2-11H2,1H3. The highest BCUT2D eigenvalue weighted by Gasteiger charge is 2.42. The topological polar surface area (TPSA) is 23.5 Å². The van der Waals surface area contributed by atoms with Crippen molar-refractivity contribution in [1.29, 1.82) is 0 Å². The maximum atomic E-state index is 10.1. The van der Waals surface area contributed by atoms with Crippen LogP contribution in [-0.2, 0) is 0 Å². The van der Waals surface area contributed by atoms with E-state index in [-0.39, 0.29) is 0 Å². The Morgan fingerprint density at radius 3 is 2.27 bits per heavy atom. The molecule has 1 heterocycles. The van der Waals surface area contributed by atoms with Crippen LogP contribution in [0.15, 0.2) is 0 Å². The zero-order valence-electron chi connectivity index (χ0n) is 10.0. The molecule has 2 aliphatic rings. The Balaban J connectivity index is 2.16. The van der Waals surface area contributed by atoms with E-state index in [0.717, 1.165) is 13.0 Å². The average Bonchev–Trinajstić information content (AvgIpc) is 2.40. The lowest BCUT2D eigenvalue weighted by molar-refractivity contribution is -0.162. The smallest absolute Gasteiger partial charge is 0.0403 e. The molecule has 2 rings (SSSR count). The van der Waals surface area contributed by atoms with E-state index in [1.54, 1.807) is 5.06 Å². The van der Waals surface area contributed by atoms with E-state index in [1.807, 2.05) is 0 Å². The first-order valence-electron chi connectivity index (χ1n) is 6.74. The van der Waals surface area contributed by atoms with Gasteiger partial charge in [-0.25, -0.2) is 0 Å². The SMILES string of the molecule is CCC1N(O)CCCCC12CCCCC2. The molecule has 1 saturated carbocycles. The predicted molar refractivity (Wildman–Crippen MR) is 61.9 cm³/mol. The van der Waals surface area contributed by atoms with Crippen molar-refractivity contribution in [1.82, 2.24) is 5.06 Å². The van der Waals surface area contributed by atoms with Gasteiger partial charge in [0.05, 0.1) is 0 Å². The van der Waals surface area contributed by atoms with Gasteiger partial charge in [-0.3, -0.25) is 0 Å². The molecule has 1 unspecified atom stereocenters. The lowest BCUT2D eigenvalue weighted by atomic mass is 9.66. The first-order chi connectivity index (χ1) is 7.28. The molecule has 2 heteroatoms. The van der Waals surface area contributed by atoms with Gasteiger partial charge in [0.15, 0.2) is 0 Å². The third kappa shape index (κ3) is 2.21. The summed E-state index contributed by atoms with van der Waals surface area (Å²) in [4.78, 5) is 0. The molecule has 1 aliphatic carbocycles. The molecular weight excluding hydrogens is 186 g/mol. The van der Waals surface area contributed by atoms with E-state index in [9.17, 15) is 5.21 Å². The predicted octanol–water partition coefficient (Wildman–Crippen LogP) is 3.59. The second kappa shape index (κ2) is 4.84. The zero-order chi connectivity index (χ0) is 10.7. The summed E-state index contributed by atoms with van der Waals surface area (Å²) in [6.45, 7) is 3.12. The normalized spacial score (nSPS) is 32.8. The number of hydrogen-bond donors (Lipinski definition) is 1. The highest BCUT2D eigenvalue weighted by Crippen LogP contribution is 2.47. The van der Waals surface area contributed by atoms with Crippen LogP contribution in [-0.4, -0.2) is 22.9 Å².